The Morgan fingerprint density at radius 3 is 2.08 bits per heavy atom. The third-order valence-corrected chi connectivity index (χ3v) is 10.9. The molecule has 0 aliphatic carbocycles. The number of methoxy groups -OCH3 is 1. The molecular formula is C46H51N2O3+. The molecule has 2 aliphatic heterocycles. The van der Waals surface area contributed by atoms with E-state index < -0.39 is 5.60 Å². The molecule has 0 saturated heterocycles. The zero-order chi connectivity index (χ0) is 35.6. The largest absolute Gasteiger partial charge is 0.497 e. The van der Waals surface area contributed by atoms with Crippen LogP contribution < -0.4 is 9.64 Å². The lowest BCUT2D eigenvalue weighted by molar-refractivity contribution is -0.439. The van der Waals surface area contributed by atoms with Gasteiger partial charge in [-0.25, -0.2) is 0 Å². The number of hydrogen-bond donors (Lipinski definition) is 1. The van der Waals surface area contributed by atoms with E-state index in [1.165, 1.54) is 33.8 Å². The molecule has 1 N–H and O–H groups in total. The second-order valence-electron chi connectivity index (χ2n) is 15.1. The van der Waals surface area contributed by atoms with E-state index in [9.17, 15) is 5.11 Å². The number of aliphatic hydroxyl groups is 1. The molecule has 5 aromatic carbocycles. The molecule has 0 spiro atoms. The fourth-order valence-corrected chi connectivity index (χ4v) is 8.57. The van der Waals surface area contributed by atoms with E-state index in [0.717, 1.165) is 54.9 Å². The van der Waals surface area contributed by atoms with E-state index in [1.54, 1.807) is 7.11 Å². The zero-order valence-electron chi connectivity index (χ0n) is 30.7. The summed E-state index contributed by atoms with van der Waals surface area (Å²) in [5.74, 6) is 0.808. The highest BCUT2D eigenvalue weighted by Gasteiger charge is 2.47. The first kappa shape index (κ1) is 34.7. The number of para-hydroxylation sites is 1. The number of nitrogens with zero attached hydrogens (tertiary/aromatic N) is 2. The number of anilines is 1. The van der Waals surface area contributed by atoms with E-state index in [-0.39, 0.29) is 17.4 Å². The molecule has 262 valence electrons. The van der Waals surface area contributed by atoms with Gasteiger partial charge in [0.2, 0.25) is 5.69 Å². The van der Waals surface area contributed by atoms with Crippen LogP contribution in [0.15, 0.2) is 127 Å². The number of ether oxygens (including phenoxy) is 2. The van der Waals surface area contributed by atoms with Crippen LogP contribution in [-0.2, 0) is 21.2 Å². The van der Waals surface area contributed by atoms with Gasteiger partial charge in [0.1, 0.15) is 11.4 Å². The standard InChI is InChI=1S/C46H51N2O3/c1-44(2)33-47(41-26-25-34(31-40(41)44)43-45(3,4)39-23-12-13-24-42(39)48(43)28-15-29-49)27-16-30-51-46(35-17-8-6-9-18-35,36-19-10-7-11-20-36)37-21-14-22-38(32-37)50-5/h6-14,17-26,31-32,49H,15-16,27-30,33H2,1-5H3/q+1. The maximum atomic E-state index is 9.76. The van der Waals surface area contributed by atoms with Crippen molar-refractivity contribution in [3.8, 4) is 5.75 Å². The molecule has 0 fully saturated rings. The van der Waals surface area contributed by atoms with Crippen LogP contribution in [0, 0.1) is 0 Å². The third-order valence-electron chi connectivity index (χ3n) is 10.9. The summed E-state index contributed by atoms with van der Waals surface area (Å²) in [6.45, 7) is 12.8. The summed E-state index contributed by atoms with van der Waals surface area (Å²) in [6, 6.07) is 45.2. The Morgan fingerprint density at radius 2 is 1.39 bits per heavy atom. The van der Waals surface area contributed by atoms with E-state index in [2.05, 4.69) is 152 Å². The average molecular weight is 680 g/mol. The number of aliphatic hydroxyl groups excluding tert-OH is 1. The SMILES string of the molecule is COc1cccc(C(OCCCN2CC(C)(C)c3cc(C4=[N+](CCCO)c5ccccc5C4(C)C)ccc32)(c2ccccc2)c2ccccc2)c1. The molecule has 0 atom stereocenters. The molecule has 51 heavy (non-hydrogen) atoms. The summed E-state index contributed by atoms with van der Waals surface area (Å²) in [7, 11) is 1.71. The van der Waals surface area contributed by atoms with E-state index in [0.29, 0.717) is 6.61 Å². The highest BCUT2D eigenvalue weighted by molar-refractivity contribution is 6.07. The highest BCUT2D eigenvalue weighted by Crippen LogP contribution is 2.46. The van der Waals surface area contributed by atoms with Gasteiger partial charge in [-0.05, 0) is 72.9 Å². The predicted molar refractivity (Wildman–Crippen MR) is 208 cm³/mol. The molecule has 5 heteroatoms. The molecule has 0 bridgehead atoms. The van der Waals surface area contributed by atoms with Gasteiger partial charge in [-0.1, -0.05) is 105 Å². The van der Waals surface area contributed by atoms with Crippen LogP contribution in [0.1, 0.15) is 73.9 Å². The van der Waals surface area contributed by atoms with Crippen LogP contribution in [0.25, 0.3) is 0 Å². The molecular weight excluding hydrogens is 629 g/mol. The van der Waals surface area contributed by atoms with Crippen LogP contribution >= 0.6 is 0 Å². The Bertz CT molecular complexity index is 1980. The molecule has 2 heterocycles. The van der Waals surface area contributed by atoms with Crippen molar-refractivity contribution in [1.29, 1.82) is 0 Å². The fraction of sp³-hybridized carbons (Fsp3) is 0.326. The zero-order valence-corrected chi connectivity index (χ0v) is 30.7. The van der Waals surface area contributed by atoms with Crippen LogP contribution in [0.3, 0.4) is 0 Å². The minimum atomic E-state index is -0.793. The van der Waals surface area contributed by atoms with E-state index in [4.69, 9.17) is 9.47 Å². The van der Waals surface area contributed by atoms with Crippen molar-refractivity contribution in [3.63, 3.8) is 0 Å². The van der Waals surface area contributed by atoms with Crippen molar-refractivity contribution in [1.82, 2.24) is 0 Å². The second kappa shape index (κ2) is 14.1. The van der Waals surface area contributed by atoms with Gasteiger partial charge in [-0.3, -0.25) is 0 Å². The van der Waals surface area contributed by atoms with Crippen molar-refractivity contribution >= 4 is 17.1 Å². The minimum Gasteiger partial charge on any atom is -0.497 e. The number of rotatable bonds is 13. The van der Waals surface area contributed by atoms with Crippen molar-refractivity contribution in [2.75, 3.05) is 44.9 Å². The maximum Gasteiger partial charge on any atom is 0.209 e. The number of hydrogen-bond acceptors (Lipinski definition) is 4. The first-order valence-electron chi connectivity index (χ1n) is 18.4. The topological polar surface area (TPSA) is 44.9 Å². The summed E-state index contributed by atoms with van der Waals surface area (Å²) < 4.78 is 15.3. The van der Waals surface area contributed by atoms with Crippen LogP contribution in [0.5, 0.6) is 5.75 Å². The molecule has 0 unspecified atom stereocenters. The maximum absolute atomic E-state index is 9.76. The number of fused-ring (bicyclic) bond motifs is 2. The van der Waals surface area contributed by atoms with Crippen molar-refractivity contribution in [3.05, 3.63) is 161 Å². The quantitative estimate of drug-likeness (QED) is 0.0767. The van der Waals surface area contributed by atoms with Crippen molar-refractivity contribution in [2.45, 2.75) is 57.0 Å². The van der Waals surface area contributed by atoms with E-state index in [1.807, 2.05) is 12.1 Å². The predicted octanol–water partition coefficient (Wildman–Crippen LogP) is 9.00. The second-order valence-corrected chi connectivity index (χ2v) is 15.1. The average Bonchev–Trinajstić information content (AvgIpc) is 3.55. The van der Waals surface area contributed by atoms with Crippen LogP contribution in [0.4, 0.5) is 11.4 Å². The highest BCUT2D eigenvalue weighted by atomic mass is 16.5. The van der Waals surface area contributed by atoms with Gasteiger partial charge in [0.05, 0.1) is 19.1 Å². The molecule has 0 aromatic heterocycles. The normalized spacial score (nSPS) is 15.9. The Kier molecular flexibility index (Phi) is 9.62. The van der Waals surface area contributed by atoms with Gasteiger partial charge < -0.3 is 19.5 Å². The van der Waals surface area contributed by atoms with E-state index >= 15 is 0 Å². The molecule has 0 saturated carbocycles. The van der Waals surface area contributed by atoms with Gasteiger partial charge in [-0.2, -0.15) is 4.58 Å². The summed E-state index contributed by atoms with van der Waals surface area (Å²) in [6.07, 6.45) is 1.60. The van der Waals surface area contributed by atoms with Gasteiger partial charge in [0.15, 0.2) is 12.3 Å². The lowest BCUT2D eigenvalue weighted by Gasteiger charge is -2.36. The smallest absolute Gasteiger partial charge is 0.209 e. The Hall–Kier alpha value is -4.71. The molecule has 0 amide bonds. The molecule has 0 radical (unpaired) electrons. The molecule has 5 nitrogen and oxygen atoms in total. The summed E-state index contributed by atoms with van der Waals surface area (Å²) in [4.78, 5) is 2.55. The van der Waals surface area contributed by atoms with Gasteiger partial charge in [0, 0.05) is 54.4 Å². The first-order valence-corrected chi connectivity index (χ1v) is 18.4. The van der Waals surface area contributed by atoms with Crippen LogP contribution in [-0.4, -0.2) is 55.4 Å². The first-order chi connectivity index (χ1) is 24.7. The molecule has 7 rings (SSSR count). The van der Waals surface area contributed by atoms with Crippen molar-refractivity contribution in [2.24, 2.45) is 0 Å². The number of benzene rings is 5. The van der Waals surface area contributed by atoms with Crippen molar-refractivity contribution < 1.29 is 19.2 Å². The lowest BCUT2D eigenvalue weighted by atomic mass is 9.77. The van der Waals surface area contributed by atoms with Gasteiger partial charge in [-0.15, -0.1) is 0 Å². The third kappa shape index (κ3) is 6.28. The Labute approximate surface area is 303 Å². The summed E-state index contributed by atoms with van der Waals surface area (Å²) in [5, 5.41) is 9.76. The Balaban J connectivity index is 1.17. The fourth-order valence-electron chi connectivity index (χ4n) is 8.57. The summed E-state index contributed by atoms with van der Waals surface area (Å²) in [5.41, 5.74) is 10.2. The lowest BCUT2D eigenvalue weighted by Crippen LogP contribution is -2.34. The summed E-state index contributed by atoms with van der Waals surface area (Å²) >= 11 is 0. The molecule has 2 aliphatic rings. The minimum absolute atomic E-state index is 0.00326. The van der Waals surface area contributed by atoms with Gasteiger partial charge >= 0.3 is 0 Å². The molecule has 5 aromatic rings. The Morgan fingerprint density at radius 1 is 0.725 bits per heavy atom. The monoisotopic (exact) mass is 679 g/mol. The van der Waals surface area contributed by atoms with Crippen LogP contribution in [0.2, 0.25) is 0 Å². The van der Waals surface area contributed by atoms with Gasteiger partial charge in [0.25, 0.3) is 0 Å².